The number of anilines is 1. The van der Waals surface area contributed by atoms with Crippen molar-refractivity contribution in [3.05, 3.63) is 96.1 Å². The summed E-state index contributed by atoms with van der Waals surface area (Å²) in [6.07, 6.45) is 0. The smallest absolute Gasteiger partial charge is 0.336 e. The van der Waals surface area contributed by atoms with Crippen molar-refractivity contribution in [2.45, 2.75) is 0 Å². The monoisotopic (exact) mass is 377 g/mol. The molecule has 0 radical (unpaired) electrons. The Kier molecular flexibility index (Phi) is 7.30. The lowest BCUT2D eigenvalue weighted by Crippen LogP contribution is -2.21. The van der Waals surface area contributed by atoms with E-state index >= 15 is 0 Å². The van der Waals surface area contributed by atoms with Crippen LogP contribution in [0.5, 0.6) is 0 Å². The van der Waals surface area contributed by atoms with Crippen LogP contribution in [0.4, 0.5) is 11.4 Å². The first-order chi connectivity index (χ1) is 13.5. The van der Waals surface area contributed by atoms with E-state index in [1.165, 1.54) is 24.3 Å². The van der Waals surface area contributed by atoms with Crippen LogP contribution in [0.1, 0.15) is 20.7 Å². The fraction of sp³-hybridized carbons (Fsp3) is 0. The van der Waals surface area contributed by atoms with E-state index in [1.54, 1.807) is 0 Å². The third-order valence-corrected chi connectivity index (χ3v) is 3.44. The standard InChI is InChI=1S/C13H13N3.C8H6O4/c14-13(15-11-7-3-1-4-8-11)16-12-9-5-2-6-10-12;9-7(10)5-3-1-2-4-6(5)8(11)12/h1-10H,(H3,14,15,16);1-4H,(H,9,10)(H,11,12). The number of para-hydroxylation sites is 2. The van der Waals surface area contributed by atoms with Gasteiger partial charge in [0.05, 0.1) is 16.8 Å². The van der Waals surface area contributed by atoms with Gasteiger partial charge >= 0.3 is 11.9 Å². The fourth-order valence-corrected chi connectivity index (χ4v) is 2.20. The van der Waals surface area contributed by atoms with Crippen LogP contribution in [0.25, 0.3) is 0 Å². The first kappa shape index (κ1) is 20.2. The van der Waals surface area contributed by atoms with Crippen molar-refractivity contribution in [3.63, 3.8) is 0 Å². The van der Waals surface area contributed by atoms with Gasteiger partial charge in [0.25, 0.3) is 0 Å². The third-order valence-electron chi connectivity index (χ3n) is 3.44. The van der Waals surface area contributed by atoms with Gasteiger partial charge in [-0.3, -0.25) is 0 Å². The molecule has 0 saturated carbocycles. The van der Waals surface area contributed by atoms with Crippen LogP contribution in [-0.2, 0) is 0 Å². The molecule has 28 heavy (non-hydrogen) atoms. The van der Waals surface area contributed by atoms with E-state index in [-0.39, 0.29) is 11.1 Å². The average molecular weight is 377 g/mol. The maximum absolute atomic E-state index is 10.5. The molecule has 0 aliphatic rings. The van der Waals surface area contributed by atoms with E-state index in [0.29, 0.717) is 5.96 Å². The Morgan fingerprint density at radius 3 is 1.61 bits per heavy atom. The highest BCUT2D eigenvalue weighted by molar-refractivity contribution is 6.01. The minimum atomic E-state index is -1.23. The third kappa shape index (κ3) is 6.30. The summed E-state index contributed by atoms with van der Waals surface area (Å²) in [4.78, 5) is 25.2. The van der Waals surface area contributed by atoms with Gasteiger partial charge in [-0.25, -0.2) is 14.6 Å². The van der Waals surface area contributed by atoms with Crippen molar-refractivity contribution in [1.82, 2.24) is 0 Å². The molecule has 0 atom stereocenters. The van der Waals surface area contributed by atoms with E-state index in [0.717, 1.165) is 11.4 Å². The number of nitrogens with two attached hydrogens (primary N) is 1. The Morgan fingerprint density at radius 1 is 0.714 bits per heavy atom. The summed E-state index contributed by atoms with van der Waals surface area (Å²) in [6.45, 7) is 0. The number of nitrogens with zero attached hydrogens (tertiary/aromatic N) is 1. The molecule has 0 aliphatic carbocycles. The van der Waals surface area contributed by atoms with Crippen LogP contribution in [0.2, 0.25) is 0 Å². The van der Waals surface area contributed by atoms with E-state index in [2.05, 4.69) is 10.3 Å². The molecule has 0 spiro atoms. The molecule has 0 fully saturated rings. The Balaban J connectivity index is 0.000000209. The predicted molar refractivity (Wildman–Crippen MR) is 108 cm³/mol. The molecule has 0 aliphatic heterocycles. The topological polar surface area (TPSA) is 125 Å². The largest absolute Gasteiger partial charge is 0.478 e. The molecule has 0 bridgehead atoms. The van der Waals surface area contributed by atoms with Crippen LogP contribution in [0.15, 0.2) is 89.9 Å². The number of guanidine groups is 1. The number of hydrogen-bond donors (Lipinski definition) is 4. The maximum Gasteiger partial charge on any atom is 0.336 e. The van der Waals surface area contributed by atoms with E-state index in [4.69, 9.17) is 15.9 Å². The van der Waals surface area contributed by atoms with Crippen LogP contribution in [-0.4, -0.2) is 28.1 Å². The van der Waals surface area contributed by atoms with Crippen molar-refractivity contribution < 1.29 is 19.8 Å². The number of aliphatic imine (C=N–C) groups is 1. The lowest BCUT2D eigenvalue weighted by atomic mass is 10.1. The van der Waals surface area contributed by atoms with Gasteiger partial charge in [-0.05, 0) is 36.4 Å². The van der Waals surface area contributed by atoms with E-state index < -0.39 is 11.9 Å². The number of aromatic carboxylic acids is 2. The molecule has 5 N–H and O–H groups in total. The zero-order valence-electron chi connectivity index (χ0n) is 14.8. The minimum absolute atomic E-state index is 0.190. The molecule has 0 unspecified atom stereocenters. The van der Waals surface area contributed by atoms with Crippen LogP contribution in [0, 0.1) is 0 Å². The van der Waals surface area contributed by atoms with Crippen LogP contribution >= 0.6 is 0 Å². The van der Waals surface area contributed by atoms with Crippen molar-refractivity contribution in [2.75, 3.05) is 5.32 Å². The number of nitrogens with one attached hydrogen (secondary N) is 1. The number of carbonyl (C=O) groups is 2. The summed E-state index contributed by atoms with van der Waals surface area (Å²) in [5, 5.41) is 20.1. The number of benzene rings is 3. The first-order valence-corrected chi connectivity index (χ1v) is 8.24. The lowest BCUT2D eigenvalue weighted by Gasteiger charge is -2.04. The molecule has 142 valence electrons. The normalized spacial score (nSPS) is 10.4. The second-order valence-corrected chi connectivity index (χ2v) is 5.48. The molecular weight excluding hydrogens is 358 g/mol. The molecule has 7 nitrogen and oxygen atoms in total. The molecule has 0 amide bonds. The molecule has 3 aromatic rings. The Morgan fingerprint density at radius 2 is 1.14 bits per heavy atom. The Hall–Kier alpha value is -4.13. The van der Waals surface area contributed by atoms with Crippen molar-refractivity contribution in [3.8, 4) is 0 Å². The molecule has 0 aromatic heterocycles. The van der Waals surface area contributed by atoms with Gasteiger partial charge in [0, 0.05) is 5.69 Å². The Labute approximate surface area is 161 Å². The molecule has 0 saturated heterocycles. The summed E-state index contributed by atoms with van der Waals surface area (Å²) < 4.78 is 0. The van der Waals surface area contributed by atoms with Crippen LogP contribution < -0.4 is 11.1 Å². The molecule has 3 rings (SSSR count). The summed E-state index contributed by atoms with van der Waals surface area (Å²) in [6, 6.07) is 24.8. The van der Waals surface area contributed by atoms with Crippen molar-refractivity contribution in [1.29, 1.82) is 0 Å². The van der Waals surface area contributed by atoms with Gasteiger partial charge in [0.1, 0.15) is 0 Å². The predicted octanol–water partition coefficient (Wildman–Crippen LogP) is 3.83. The summed E-state index contributed by atoms with van der Waals surface area (Å²) >= 11 is 0. The molecule has 7 heteroatoms. The fourth-order valence-electron chi connectivity index (χ4n) is 2.20. The SMILES string of the molecule is NC(=Nc1ccccc1)Nc1ccccc1.O=C(O)c1ccccc1C(=O)O. The number of rotatable bonds is 4. The number of carboxylic acids is 2. The quantitative estimate of drug-likeness (QED) is 0.404. The van der Waals surface area contributed by atoms with E-state index in [9.17, 15) is 9.59 Å². The maximum atomic E-state index is 10.5. The Bertz CT molecular complexity index is 925. The van der Waals surface area contributed by atoms with Gasteiger partial charge in [-0.15, -0.1) is 0 Å². The van der Waals surface area contributed by atoms with Gasteiger partial charge in [0.2, 0.25) is 0 Å². The number of hydrogen-bond acceptors (Lipinski definition) is 3. The zero-order chi connectivity index (χ0) is 20.4. The highest BCUT2D eigenvalue weighted by Crippen LogP contribution is 2.11. The van der Waals surface area contributed by atoms with Crippen molar-refractivity contribution in [2.24, 2.45) is 10.7 Å². The van der Waals surface area contributed by atoms with Gasteiger partial charge in [-0.2, -0.15) is 0 Å². The zero-order valence-corrected chi connectivity index (χ0v) is 14.8. The highest BCUT2D eigenvalue weighted by atomic mass is 16.4. The van der Waals surface area contributed by atoms with E-state index in [1.807, 2.05) is 60.7 Å². The number of carboxylic acid groups (broad SMARTS) is 2. The van der Waals surface area contributed by atoms with Gasteiger partial charge in [-0.1, -0.05) is 48.5 Å². The second-order valence-electron chi connectivity index (χ2n) is 5.48. The van der Waals surface area contributed by atoms with Gasteiger partial charge < -0.3 is 21.3 Å². The van der Waals surface area contributed by atoms with Gasteiger partial charge in [0.15, 0.2) is 5.96 Å². The van der Waals surface area contributed by atoms with Crippen LogP contribution in [0.3, 0.4) is 0 Å². The molecule has 3 aromatic carbocycles. The summed E-state index contributed by atoms with van der Waals surface area (Å²) in [5.74, 6) is -2.07. The molecule has 0 heterocycles. The lowest BCUT2D eigenvalue weighted by molar-refractivity contribution is 0.0651. The highest BCUT2D eigenvalue weighted by Gasteiger charge is 2.13. The van der Waals surface area contributed by atoms with Crippen molar-refractivity contribution >= 4 is 29.3 Å². The second kappa shape index (κ2) is 10.1. The average Bonchev–Trinajstić information content (AvgIpc) is 2.70. The first-order valence-electron chi connectivity index (χ1n) is 8.24. The minimum Gasteiger partial charge on any atom is -0.478 e. The molecular formula is C21H19N3O4. The summed E-state index contributed by atoms with van der Waals surface area (Å²) in [5.41, 5.74) is 7.16. The summed E-state index contributed by atoms with van der Waals surface area (Å²) in [7, 11) is 0.